The van der Waals surface area contributed by atoms with E-state index in [0.717, 1.165) is 6.07 Å². The Morgan fingerprint density at radius 1 is 1.11 bits per heavy atom. The molecule has 1 fully saturated rings. The molecule has 6 nitrogen and oxygen atoms in total. The molecule has 0 aliphatic carbocycles. The van der Waals surface area contributed by atoms with Crippen molar-refractivity contribution in [3.63, 3.8) is 0 Å². The lowest BCUT2D eigenvalue weighted by Gasteiger charge is -2.34. The van der Waals surface area contributed by atoms with Gasteiger partial charge >= 0.3 is 6.09 Å². The van der Waals surface area contributed by atoms with Crippen LogP contribution in [0.3, 0.4) is 0 Å². The van der Waals surface area contributed by atoms with Gasteiger partial charge in [-0.1, -0.05) is 0 Å². The Morgan fingerprint density at radius 2 is 1.71 bits per heavy atom. The van der Waals surface area contributed by atoms with Crippen molar-refractivity contribution in [1.82, 2.24) is 9.91 Å². The summed E-state index contributed by atoms with van der Waals surface area (Å²) in [6.07, 6.45) is 2.60. The molecule has 2 amide bonds. The maximum Gasteiger partial charge on any atom is 0.410 e. The van der Waals surface area contributed by atoms with Gasteiger partial charge in [0.2, 0.25) is 5.91 Å². The highest BCUT2D eigenvalue weighted by molar-refractivity contribution is 5.82. The average molecular weight is 393 g/mol. The standard InChI is InChI=1S/C20H25F2N3O3/c1-20(2,3)28-19(27)24-8-5-13(6-9-24)18(26)25-17(4-7-23-25)14-10-15(21)12-16(22)11-14/h7,10-13,17H,4-6,8-9H2,1-3H3. The zero-order valence-corrected chi connectivity index (χ0v) is 16.3. The van der Waals surface area contributed by atoms with Gasteiger partial charge in [0.25, 0.3) is 0 Å². The molecule has 0 saturated carbocycles. The second-order valence-electron chi connectivity index (χ2n) is 8.18. The van der Waals surface area contributed by atoms with Crippen LogP contribution >= 0.6 is 0 Å². The summed E-state index contributed by atoms with van der Waals surface area (Å²) in [5, 5.41) is 5.46. The van der Waals surface area contributed by atoms with Crippen LogP contribution in [-0.4, -0.2) is 46.8 Å². The maximum absolute atomic E-state index is 13.6. The number of halogens is 2. The van der Waals surface area contributed by atoms with Crippen LogP contribution in [0.1, 0.15) is 51.6 Å². The van der Waals surface area contributed by atoms with E-state index in [1.165, 1.54) is 17.1 Å². The number of hydrogen-bond acceptors (Lipinski definition) is 4. The molecule has 0 bridgehead atoms. The van der Waals surface area contributed by atoms with Crippen LogP contribution in [0, 0.1) is 17.6 Å². The molecule has 2 heterocycles. The number of hydrogen-bond donors (Lipinski definition) is 0. The molecule has 1 atom stereocenters. The molecule has 0 N–H and O–H groups in total. The first kappa shape index (κ1) is 20.2. The van der Waals surface area contributed by atoms with Crippen LogP contribution < -0.4 is 0 Å². The Kier molecular flexibility index (Phi) is 5.67. The lowest BCUT2D eigenvalue weighted by atomic mass is 9.94. The number of ether oxygens (including phenoxy) is 1. The van der Waals surface area contributed by atoms with Crippen LogP contribution in [0.25, 0.3) is 0 Å². The fraction of sp³-hybridized carbons (Fsp3) is 0.550. The lowest BCUT2D eigenvalue weighted by Crippen LogP contribution is -2.45. The first-order valence-electron chi connectivity index (χ1n) is 9.43. The van der Waals surface area contributed by atoms with Crippen LogP contribution in [0.4, 0.5) is 13.6 Å². The minimum absolute atomic E-state index is 0.188. The van der Waals surface area contributed by atoms with Crippen molar-refractivity contribution >= 4 is 18.2 Å². The minimum Gasteiger partial charge on any atom is -0.444 e. The van der Waals surface area contributed by atoms with Gasteiger partial charge in [0.1, 0.15) is 17.2 Å². The largest absolute Gasteiger partial charge is 0.444 e. The average Bonchev–Trinajstić information content (AvgIpc) is 3.08. The molecule has 1 aromatic rings. The lowest BCUT2D eigenvalue weighted by molar-refractivity contribution is -0.139. The maximum atomic E-state index is 13.6. The van der Waals surface area contributed by atoms with Gasteiger partial charge in [-0.2, -0.15) is 5.10 Å². The number of hydrazone groups is 1. The Hall–Kier alpha value is -2.51. The molecular formula is C20H25F2N3O3. The number of amides is 2. The van der Waals surface area contributed by atoms with Gasteiger partial charge in [0.05, 0.1) is 6.04 Å². The van der Waals surface area contributed by atoms with Crippen molar-refractivity contribution in [2.24, 2.45) is 11.0 Å². The molecule has 1 aromatic carbocycles. The van der Waals surface area contributed by atoms with E-state index in [0.29, 0.717) is 37.9 Å². The molecule has 2 aliphatic rings. The van der Waals surface area contributed by atoms with Crippen LogP contribution in [0.5, 0.6) is 0 Å². The first-order chi connectivity index (χ1) is 13.1. The number of likely N-dealkylation sites (tertiary alicyclic amines) is 1. The van der Waals surface area contributed by atoms with Crippen molar-refractivity contribution in [3.05, 3.63) is 35.4 Å². The first-order valence-corrected chi connectivity index (χ1v) is 9.43. The zero-order chi connectivity index (χ0) is 20.5. The monoisotopic (exact) mass is 393 g/mol. The topological polar surface area (TPSA) is 62.2 Å². The summed E-state index contributed by atoms with van der Waals surface area (Å²) in [6, 6.07) is 2.75. The van der Waals surface area contributed by atoms with Crippen molar-refractivity contribution in [3.8, 4) is 0 Å². The summed E-state index contributed by atoms with van der Waals surface area (Å²) in [4.78, 5) is 26.7. The molecule has 0 aromatic heterocycles. The molecule has 0 radical (unpaired) electrons. The third-order valence-corrected chi connectivity index (χ3v) is 4.82. The minimum atomic E-state index is -0.681. The SMILES string of the molecule is CC(C)(C)OC(=O)N1CCC(C(=O)N2N=CCC2c2cc(F)cc(F)c2)CC1. The molecule has 8 heteroatoms. The summed E-state index contributed by atoms with van der Waals surface area (Å²) < 4.78 is 32.5. The Balaban J connectivity index is 1.63. The predicted molar refractivity (Wildman–Crippen MR) is 99.6 cm³/mol. The normalized spacial score (nSPS) is 20.5. The molecule has 1 unspecified atom stereocenters. The van der Waals surface area contributed by atoms with Crippen molar-refractivity contribution in [2.75, 3.05) is 13.1 Å². The Labute approximate surface area is 163 Å². The molecule has 28 heavy (non-hydrogen) atoms. The number of piperidine rings is 1. The highest BCUT2D eigenvalue weighted by atomic mass is 19.1. The number of benzene rings is 1. The van der Waals surface area contributed by atoms with E-state index in [4.69, 9.17) is 4.74 Å². The molecule has 1 saturated heterocycles. The van der Waals surface area contributed by atoms with Crippen molar-refractivity contribution in [2.45, 2.75) is 51.7 Å². The second-order valence-corrected chi connectivity index (χ2v) is 8.18. The fourth-order valence-corrected chi connectivity index (χ4v) is 3.49. The number of carbonyl (C=O) groups is 2. The molecule has 0 spiro atoms. The zero-order valence-electron chi connectivity index (χ0n) is 16.3. The summed E-state index contributed by atoms with van der Waals surface area (Å²) in [5.41, 5.74) is -0.184. The summed E-state index contributed by atoms with van der Waals surface area (Å²) in [6.45, 7) is 6.26. The van der Waals surface area contributed by atoms with Gasteiger partial charge < -0.3 is 9.64 Å². The highest BCUT2D eigenvalue weighted by Gasteiger charge is 2.36. The van der Waals surface area contributed by atoms with E-state index in [1.54, 1.807) is 11.1 Å². The van der Waals surface area contributed by atoms with E-state index in [-0.39, 0.29) is 17.9 Å². The van der Waals surface area contributed by atoms with E-state index in [9.17, 15) is 18.4 Å². The predicted octanol–water partition coefficient (Wildman–Crippen LogP) is 3.87. The molecular weight excluding hydrogens is 368 g/mol. The highest BCUT2D eigenvalue weighted by Crippen LogP contribution is 2.32. The van der Waals surface area contributed by atoms with E-state index >= 15 is 0 Å². The van der Waals surface area contributed by atoms with Gasteiger partial charge in [-0.3, -0.25) is 4.79 Å². The third kappa shape index (κ3) is 4.66. The Morgan fingerprint density at radius 3 is 2.29 bits per heavy atom. The van der Waals surface area contributed by atoms with Gasteiger partial charge in [-0.25, -0.2) is 18.6 Å². The number of carbonyl (C=O) groups excluding carboxylic acids is 2. The van der Waals surface area contributed by atoms with E-state index < -0.39 is 23.3 Å². The summed E-state index contributed by atoms with van der Waals surface area (Å²) >= 11 is 0. The van der Waals surface area contributed by atoms with E-state index in [2.05, 4.69) is 5.10 Å². The summed E-state index contributed by atoms with van der Waals surface area (Å²) in [7, 11) is 0. The molecule has 152 valence electrons. The fourth-order valence-electron chi connectivity index (χ4n) is 3.49. The second kappa shape index (κ2) is 7.85. The number of rotatable bonds is 2. The number of nitrogens with zero attached hydrogens (tertiary/aromatic N) is 3. The third-order valence-electron chi connectivity index (χ3n) is 4.82. The van der Waals surface area contributed by atoms with Gasteiger partial charge in [0, 0.05) is 37.7 Å². The Bertz CT molecular complexity index is 763. The quantitative estimate of drug-likeness (QED) is 0.766. The van der Waals surface area contributed by atoms with Crippen LogP contribution in [-0.2, 0) is 9.53 Å². The smallest absolute Gasteiger partial charge is 0.410 e. The summed E-state index contributed by atoms with van der Waals surface area (Å²) in [5.74, 6) is -1.85. The van der Waals surface area contributed by atoms with Crippen molar-refractivity contribution < 1.29 is 23.1 Å². The van der Waals surface area contributed by atoms with E-state index in [1.807, 2.05) is 20.8 Å². The van der Waals surface area contributed by atoms with Crippen molar-refractivity contribution in [1.29, 1.82) is 0 Å². The van der Waals surface area contributed by atoms with Gasteiger partial charge in [0.15, 0.2) is 0 Å². The van der Waals surface area contributed by atoms with Gasteiger partial charge in [-0.15, -0.1) is 0 Å². The molecule has 3 rings (SSSR count). The van der Waals surface area contributed by atoms with Crippen LogP contribution in [0.2, 0.25) is 0 Å². The van der Waals surface area contributed by atoms with Crippen LogP contribution in [0.15, 0.2) is 23.3 Å². The molecule has 2 aliphatic heterocycles. The van der Waals surface area contributed by atoms with Gasteiger partial charge in [-0.05, 0) is 51.3 Å².